The fraction of sp³-hybridized carbons (Fsp3) is 0.444. The van der Waals surface area contributed by atoms with Crippen LogP contribution in [0, 0.1) is 11.7 Å². The van der Waals surface area contributed by atoms with Crippen molar-refractivity contribution in [2.45, 2.75) is 31.2 Å². The van der Waals surface area contributed by atoms with Gasteiger partial charge in [0.25, 0.3) is 0 Å². The van der Waals surface area contributed by atoms with Gasteiger partial charge in [-0.2, -0.15) is 5.10 Å². The van der Waals surface area contributed by atoms with Crippen LogP contribution in [0.2, 0.25) is 0 Å². The van der Waals surface area contributed by atoms with Crippen molar-refractivity contribution in [1.82, 2.24) is 14.7 Å². The molecule has 23 heavy (non-hydrogen) atoms. The normalized spacial score (nSPS) is 26.5. The van der Waals surface area contributed by atoms with Gasteiger partial charge in [0.15, 0.2) is 0 Å². The summed E-state index contributed by atoms with van der Waals surface area (Å²) in [4.78, 5) is 14.9. The molecule has 1 saturated heterocycles. The maximum atomic E-state index is 13.1. The van der Waals surface area contributed by atoms with Crippen LogP contribution in [-0.4, -0.2) is 27.1 Å². The minimum Gasteiger partial charge on any atom is -0.335 e. The summed E-state index contributed by atoms with van der Waals surface area (Å²) in [7, 11) is 1.90. The predicted molar refractivity (Wildman–Crippen MR) is 84.1 cm³/mol. The summed E-state index contributed by atoms with van der Waals surface area (Å²) in [6.07, 6.45) is 6.75. The van der Waals surface area contributed by atoms with Crippen molar-refractivity contribution in [3.63, 3.8) is 0 Å². The van der Waals surface area contributed by atoms with Crippen LogP contribution in [-0.2, 0) is 11.8 Å². The Labute approximate surface area is 134 Å². The lowest BCUT2D eigenvalue weighted by Gasteiger charge is -2.25. The van der Waals surface area contributed by atoms with Crippen molar-refractivity contribution in [2.24, 2.45) is 13.0 Å². The summed E-state index contributed by atoms with van der Waals surface area (Å²) in [6.45, 7) is 0.803. The molecule has 2 aliphatic rings. The topological polar surface area (TPSA) is 38.1 Å². The van der Waals surface area contributed by atoms with Crippen LogP contribution >= 0.6 is 0 Å². The number of hydrogen-bond acceptors (Lipinski definition) is 2. The molecule has 1 aromatic carbocycles. The Morgan fingerprint density at radius 3 is 2.74 bits per heavy atom. The van der Waals surface area contributed by atoms with E-state index in [0.717, 1.165) is 36.9 Å². The Morgan fingerprint density at radius 2 is 2.04 bits per heavy atom. The molecule has 2 fully saturated rings. The Bertz CT molecular complexity index is 724. The minimum absolute atomic E-state index is 0.0836. The fourth-order valence-corrected chi connectivity index (χ4v) is 3.74. The standard InChI is InChI=1S/C18H20FN3O/c1-21-11-13(10-20-21)15-9-16(15)18(23)22-8-2-3-17(22)12-4-6-14(19)7-5-12/h4-7,10-11,15-17H,2-3,8-9H2,1H3. The number of rotatable bonds is 3. The van der Waals surface area contributed by atoms with Gasteiger partial charge >= 0.3 is 0 Å². The summed E-state index contributed by atoms with van der Waals surface area (Å²) in [6, 6.07) is 6.66. The van der Waals surface area contributed by atoms with E-state index in [9.17, 15) is 9.18 Å². The number of benzene rings is 1. The summed E-state index contributed by atoms with van der Waals surface area (Å²) in [5, 5.41) is 4.20. The lowest BCUT2D eigenvalue weighted by molar-refractivity contribution is -0.133. The molecule has 120 valence electrons. The van der Waals surface area contributed by atoms with E-state index in [2.05, 4.69) is 5.10 Å². The van der Waals surface area contributed by atoms with Crippen molar-refractivity contribution in [1.29, 1.82) is 0 Å². The second-order valence-corrected chi connectivity index (χ2v) is 6.64. The van der Waals surface area contributed by atoms with Gasteiger partial charge in [-0.3, -0.25) is 9.48 Å². The molecule has 3 atom stereocenters. The third-order valence-electron chi connectivity index (χ3n) is 5.05. The largest absolute Gasteiger partial charge is 0.335 e. The van der Waals surface area contributed by atoms with Crippen molar-refractivity contribution < 1.29 is 9.18 Å². The van der Waals surface area contributed by atoms with Gasteiger partial charge in [-0.1, -0.05) is 12.1 Å². The van der Waals surface area contributed by atoms with Crippen molar-refractivity contribution in [2.75, 3.05) is 6.54 Å². The van der Waals surface area contributed by atoms with E-state index in [1.165, 1.54) is 12.1 Å². The van der Waals surface area contributed by atoms with Crippen LogP contribution in [0.3, 0.4) is 0 Å². The number of carbonyl (C=O) groups excluding carboxylic acids is 1. The molecule has 2 aromatic rings. The fourth-order valence-electron chi connectivity index (χ4n) is 3.74. The van der Waals surface area contributed by atoms with Gasteiger partial charge in [-0.15, -0.1) is 0 Å². The number of carbonyl (C=O) groups is 1. The van der Waals surface area contributed by atoms with Gasteiger partial charge in [0.05, 0.1) is 12.2 Å². The quantitative estimate of drug-likeness (QED) is 0.873. The Hall–Kier alpha value is -2.17. The Kier molecular flexibility index (Phi) is 3.43. The molecule has 2 heterocycles. The van der Waals surface area contributed by atoms with Crippen LogP contribution in [0.1, 0.15) is 42.3 Å². The molecule has 1 aromatic heterocycles. The molecule has 0 spiro atoms. The maximum Gasteiger partial charge on any atom is 0.226 e. The maximum absolute atomic E-state index is 13.1. The van der Waals surface area contributed by atoms with Crippen molar-refractivity contribution in [3.05, 3.63) is 53.6 Å². The lowest BCUT2D eigenvalue weighted by atomic mass is 10.0. The number of nitrogens with zero attached hydrogens (tertiary/aromatic N) is 3. The van der Waals surface area contributed by atoms with Crippen LogP contribution in [0.15, 0.2) is 36.7 Å². The molecule has 0 radical (unpaired) electrons. The molecule has 4 rings (SSSR count). The van der Waals surface area contributed by atoms with Crippen LogP contribution < -0.4 is 0 Å². The van der Waals surface area contributed by atoms with Gasteiger partial charge in [-0.25, -0.2) is 4.39 Å². The van der Waals surface area contributed by atoms with E-state index >= 15 is 0 Å². The summed E-state index contributed by atoms with van der Waals surface area (Å²) in [5.41, 5.74) is 2.19. The molecule has 4 nitrogen and oxygen atoms in total. The molecule has 1 saturated carbocycles. The van der Waals surface area contributed by atoms with Crippen molar-refractivity contribution in [3.8, 4) is 0 Å². The smallest absolute Gasteiger partial charge is 0.226 e. The zero-order valence-corrected chi connectivity index (χ0v) is 13.2. The number of hydrogen-bond donors (Lipinski definition) is 0. The molecule has 5 heteroatoms. The first-order valence-corrected chi connectivity index (χ1v) is 8.18. The number of amides is 1. The molecule has 1 amide bonds. The first kappa shape index (κ1) is 14.4. The van der Waals surface area contributed by atoms with E-state index in [1.807, 2.05) is 24.3 Å². The SMILES string of the molecule is Cn1cc(C2CC2C(=O)N2CCCC2c2ccc(F)cc2)cn1. The van der Waals surface area contributed by atoms with E-state index < -0.39 is 0 Å². The van der Waals surface area contributed by atoms with E-state index in [-0.39, 0.29) is 23.7 Å². The highest BCUT2D eigenvalue weighted by Gasteiger charge is 2.48. The first-order chi connectivity index (χ1) is 11.1. The van der Waals surface area contributed by atoms with Gasteiger partial charge in [-0.05, 0) is 48.4 Å². The first-order valence-electron chi connectivity index (χ1n) is 8.18. The van der Waals surface area contributed by atoms with Crippen LogP contribution in [0.5, 0.6) is 0 Å². The second-order valence-electron chi connectivity index (χ2n) is 6.64. The highest BCUT2D eigenvalue weighted by molar-refractivity contribution is 5.83. The van der Waals surface area contributed by atoms with E-state index in [4.69, 9.17) is 0 Å². The number of halogens is 1. The zero-order valence-electron chi connectivity index (χ0n) is 13.2. The summed E-state index contributed by atoms with van der Waals surface area (Å²) in [5.74, 6) is 0.403. The minimum atomic E-state index is -0.233. The molecule has 1 aliphatic carbocycles. The van der Waals surface area contributed by atoms with Gasteiger partial charge in [0, 0.05) is 25.7 Å². The Balaban J connectivity index is 1.49. The molecule has 1 aliphatic heterocycles. The molecule has 0 bridgehead atoms. The molecule has 0 N–H and O–H groups in total. The molecular formula is C18H20FN3O. The highest BCUT2D eigenvalue weighted by Crippen LogP contribution is 2.50. The number of aryl methyl sites for hydroxylation is 1. The Morgan fingerprint density at radius 1 is 1.26 bits per heavy atom. The number of likely N-dealkylation sites (tertiary alicyclic amines) is 1. The third-order valence-corrected chi connectivity index (χ3v) is 5.05. The highest BCUT2D eigenvalue weighted by atomic mass is 19.1. The zero-order chi connectivity index (χ0) is 16.0. The monoisotopic (exact) mass is 313 g/mol. The molecular weight excluding hydrogens is 293 g/mol. The van der Waals surface area contributed by atoms with Crippen LogP contribution in [0.4, 0.5) is 4.39 Å². The lowest BCUT2D eigenvalue weighted by Crippen LogP contribution is -2.32. The average Bonchev–Trinajstić information content (AvgIpc) is 2.98. The summed E-state index contributed by atoms with van der Waals surface area (Å²) >= 11 is 0. The number of aromatic nitrogens is 2. The van der Waals surface area contributed by atoms with E-state index in [0.29, 0.717) is 5.92 Å². The van der Waals surface area contributed by atoms with Gasteiger partial charge in [0.2, 0.25) is 5.91 Å². The van der Waals surface area contributed by atoms with Gasteiger partial charge < -0.3 is 4.90 Å². The van der Waals surface area contributed by atoms with Crippen molar-refractivity contribution >= 4 is 5.91 Å². The predicted octanol–water partition coefficient (Wildman–Crippen LogP) is 3.03. The third kappa shape index (κ3) is 2.64. The molecule has 3 unspecified atom stereocenters. The second kappa shape index (κ2) is 5.48. The van der Waals surface area contributed by atoms with E-state index in [1.54, 1.807) is 16.8 Å². The van der Waals surface area contributed by atoms with Crippen LogP contribution in [0.25, 0.3) is 0 Å². The summed E-state index contributed by atoms with van der Waals surface area (Å²) < 4.78 is 14.9. The average molecular weight is 313 g/mol. The van der Waals surface area contributed by atoms with Gasteiger partial charge in [0.1, 0.15) is 5.82 Å².